The number of cyclic esters (lactones) is 1. The molecule has 274 valence electrons. The molecular formula is C38H37N5O10. The van der Waals surface area contributed by atoms with Crippen LogP contribution >= 0.6 is 0 Å². The van der Waals surface area contributed by atoms with E-state index in [1.807, 2.05) is 30.3 Å². The van der Waals surface area contributed by atoms with Crippen LogP contribution in [0.1, 0.15) is 68.0 Å². The van der Waals surface area contributed by atoms with Gasteiger partial charge in [-0.05, 0) is 31.5 Å². The largest absolute Gasteiger partial charge is 0.492 e. The maximum absolute atomic E-state index is 14.0. The predicted molar refractivity (Wildman–Crippen MR) is 188 cm³/mol. The van der Waals surface area contributed by atoms with Crippen LogP contribution in [-0.4, -0.2) is 87.9 Å². The summed E-state index contributed by atoms with van der Waals surface area (Å²) in [5.74, 6) is -1.76. The van der Waals surface area contributed by atoms with E-state index in [1.54, 1.807) is 36.1 Å². The number of likely N-dealkylation sites (N-methyl/N-ethyl adjacent to an activating group) is 2. The fourth-order valence-electron chi connectivity index (χ4n) is 7.15. The van der Waals surface area contributed by atoms with Crippen LogP contribution in [0.15, 0.2) is 53.0 Å². The van der Waals surface area contributed by atoms with Crippen molar-refractivity contribution in [3.05, 3.63) is 104 Å². The van der Waals surface area contributed by atoms with Gasteiger partial charge in [0.1, 0.15) is 18.9 Å². The number of nitrogens with zero attached hydrogens (tertiary/aromatic N) is 5. The quantitative estimate of drug-likeness (QED) is 0.169. The summed E-state index contributed by atoms with van der Waals surface area (Å²) in [6.45, 7) is 2.83. The van der Waals surface area contributed by atoms with E-state index in [1.165, 1.54) is 31.0 Å². The smallest absolute Gasteiger partial charge is 0.411 e. The Balaban J connectivity index is 1.04. The van der Waals surface area contributed by atoms with Gasteiger partial charge < -0.3 is 33.3 Å². The van der Waals surface area contributed by atoms with Gasteiger partial charge >= 0.3 is 18.2 Å². The minimum Gasteiger partial charge on any atom is -0.492 e. The van der Waals surface area contributed by atoms with E-state index < -0.39 is 35.3 Å². The fraction of sp³-hybridized carbons (Fsp3) is 0.342. The number of carbonyl (C=O) groups is 5. The molecule has 15 nitrogen and oxygen atoms in total. The predicted octanol–water partition coefficient (Wildman–Crippen LogP) is 3.85. The second kappa shape index (κ2) is 13.1. The van der Waals surface area contributed by atoms with Crippen LogP contribution in [0.2, 0.25) is 0 Å². The Morgan fingerprint density at radius 1 is 1.04 bits per heavy atom. The first-order valence-corrected chi connectivity index (χ1v) is 17.0. The molecule has 0 saturated heterocycles. The topological polar surface area (TPSA) is 169 Å². The van der Waals surface area contributed by atoms with Crippen LogP contribution in [0.25, 0.3) is 16.6 Å². The standard InChI is InChI=1S/C38H37N5O10/c1-7-38(25-15-22-16-27-28(14-21-10-8-9-11-26(21)39-27)43(22)34(46)24(25)19-51-35(38)47)53-37(49)41(4)13-12-40(3)36(48)52-18-23-20(2)42(5)32-29(44)17-30(50-6)33(45)31(23)32/h8-11,14-15,17H,7,12-13,16,18-19H2,1-6H3/t38-/m0/s1. The lowest BCUT2D eigenvalue weighted by molar-refractivity contribution is -0.173. The maximum atomic E-state index is 14.0. The third kappa shape index (κ3) is 5.54. The molecule has 2 amide bonds. The Labute approximate surface area is 303 Å². The number of Topliss-reactive ketones (excluding diaryl/α,β-unsaturated/α-hetero) is 1. The Morgan fingerprint density at radius 2 is 1.75 bits per heavy atom. The summed E-state index contributed by atoms with van der Waals surface area (Å²) in [5, 5.41) is 0.881. The molecule has 0 N–H and O–H groups in total. The average Bonchev–Trinajstić information content (AvgIpc) is 3.64. The zero-order valence-corrected chi connectivity index (χ0v) is 30.1. The number of pyridine rings is 2. The van der Waals surface area contributed by atoms with E-state index in [4.69, 9.17) is 23.9 Å². The number of rotatable bonds is 8. The Bertz CT molecular complexity index is 2370. The van der Waals surface area contributed by atoms with Crippen LogP contribution in [0.4, 0.5) is 9.59 Å². The number of fused-ring (bicyclic) bond motifs is 6. The molecule has 4 aromatic rings. The highest BCUT2D eigenvalue weighted by atomic mass is 16.6. The van der Waals surface area contributed by atoms with Crippen molar-refractivity contribution in [2.24, 2.45) is 7.05 Å². The molecule has 0 radical (unpaired) electrons. The Kier molecular flexibility index (Phi) is 8.67. The number of aromatic nitrogens is 3. The van der Waals surface area contributed by atoms with Crippen molar-refractivity contribution in [3.8, 4) is 5.69 Å². The highest BCUT2D eigenvalue weighted by Gasteiger charge is 2.51. The van der Waals surface area contributed by atoms with Gasteiger partial charge in [-0.2, -0.15) is 0 Å². The van der Waals surface area contributed by atoms with Crippen LogP contribution < -0.4 is 5.56 Å². The molecule has 53 heavy (non-hydrogen) atoms. The van der Waals surface area contributed by atoms with E-state index >= 15 is 0 Å². The van der Waals surface area contributed by atoms with Crippen LogP contribution in [0, 0.1) is 6.92 Å². The lowest BCUT2D eigenvalue weighted by Crippen LogP contribution is -2.49. The average molecular weight is 724 g/mol. The number of para-hydroxylation sites is 1. The number of benzene rings is 1. The summed E-state index contributed by atoms with van der Waals surface area (Å²) in [7, 11) is 5.87. The van der Waals surface area contributed by atoms with Gasteiger partial charge in [0.2, 0.25) is 17.2 Å². The maximum Gasteiger partial charge on any atom is 0.411 e. The number of methoxy groups -OCH3 is 1. The zero-order chi connectivity index (χ0) is 37.9. The van der Waals surface area contributed by atoms with Gasteiger partial charge in [0, 0.05) is 74.6 Å². The molecule has 1 aliphatic carbocycles. The highest BCUT2D eigenvalue weighted by molar-refractivity contribution is 6.24. The minimum atomic E-state index is -1.88. The van der Waals surface area contributed by atoms with Crippen molar-refractivity contribution in [1.29, 1.82) is 0 Å². The first-order chi connectivity index (χ1) is 25.3. The molecule has 0 bridgehead atoms. The molecule has 0 spiro atoms. The molecule has 2 aliphatic heterocycles. The third-order valence-corrected chi connectivity index (χ3v) is 10.3. The summed E-state index contributed by atoms with van der Waals surface area (Å²) >= 11 is 0. The van der Waals surface area contributed by atoms with Gasteiger partial charge in [-0.15, -0.1) is 0 Å². The van der Waals surface area contributed by atoms with E-state index in [-0.39, 0.29) is 66.4 Å². The first kappa shape index (κ1) is 35.2. The first-order valence-electron chi connectivity index (χ1n) is 17.0. The Hall–Kier alpha value is -6.25. The monoisotopic (exact) mass is 723 g/mol. The van der Waals surface area contributed by atoms with Gasteiger partial charge in [-0.3, -0.25) is 23.9 Å². The number of hydrogen-bond acceptors (Lipinski definition) is 11. The number of ketones is 2. The third-order valence-electron chi connectivity index (χ3n) is 10.3. The molecule has 15 heteroatoms. The van der Waals surface area contributed by atoms with E-state index in [9.17, 15) is 28.8 Å². The van der Waals surface area contributed by atoms with Crippen LogP contribution in [0.5, 0.6) is 0 Å². The minimum absolute atomic E-state index is 0.000982. The molecule has 0 unspecified atom stereocenters. The summed E-state index contributed by atoms with van der Waals surface area (Å²) in [6, 6.07) is 11.3. The summed E-state index contributed by atoms with van der Waals surface area (Å²) in [6.07, 6.45) is -0.126. The van der Waals surface area contributed by atoms with Crippen molar-refractivity contribution in [1.82, 2.24) is 23.9 Å². The van der Waals surface area contributed by atoms with Crippen molar-refractivity contribution in [2.45, 2.75) is 45.5 Å². The number of carbonyl (C=O) groups excluding carboxylic acids is 5. The van der Waals surface area contributed by atoms with Crippen molar-refractivity contribution in [2.75, 3.05) is 34.3 Å². The molecule has 1 aromatic carbocycles. The molecular weight excluding hydrogens is 686 g/mol. The van der Waals surface area contributed by atoms with Crippen molar-refractivity contribution < 1.29 is 42.9 Å². The number of allylic oxidation sites excluding steroid dienone is 2. The van der Waals surface area contributed by atoms with Gasteiger partial charge in [-0.1, -0.05) is 25.1 Å². The van der Waals surface area contributed by atoms with Crippen LogP contribution in [0.3, 0.4) is 0 Å². The van der Waals surface area contributed by atoms with Crippen molar-refractivity contribution in [3.63, 3.8) is 0 Å². The van der Waals surface area contributed by atoms with Gasteiger partial charge in [0.15, 0.2) is 5.76 Å². The zero-order valence-electron chi connectivity index (χ0n) is 30.1. The lowest BCUT2D eigenvalue weighted by Gasteiger charge is -2.36. The van der Waals surface area contributed by atoms with Gasteiger partial charge in [-0.25, -0.2) is 14.4 Å². The van der Waals surface area contributed by atoms with Gasteiger partial charge in [0.25, 0.3) is 5.56 Å². The summed E-state index contributed by atoms with van der Waals surface area (Å²) < 4.78 is 25.2. The number of ether oxygens (including phenoxy) is 4. The van der Waals surface area contributed by atoms with Gasteiger partial charge in [0.05, 0.1) is 35.1 Å². The molecule has 5 heterocycles. The Morgan fingerprint density at radius 3 is 2.47 bits per heavy atom. The highest BCUT2D eigenvalue weighted by Crippen LogP contribution is 2.40. The lowest BCUT2D eigenvalue weighted by atomic mass is 9.85. The molecule has 3 aliphatic rings. The van der Waals surface area contributed by atoms with Crippen LogP contribution in [-0.2, 0) is 56.0 Å². The van der Waals surface area contributed by atoms with E-state index in [0.717, 1.165) is 22.7 Å². The molecule has 0 saturated carbocycles. The normalized spacial score (nSPS) is 16.9. The van der Waals surface area contributed by atoms with E-state index in [2.05, 4.69) is 0 Å². The second-order valence-corrected chi connectivity index (χ2v) is 13.3. The molecule has 7 rings (SSSR count). The molecule has 1 atom stereocenters. The number of hydrogen-bond donors (Lipinski definition) is 0. The van der Waals surface area contributed by atoms with E-state index in [0.29, 0.717) is 29.1 Å². The molecule has 0 fully saturated rings. The second-order valence-electron chi connectivity index (χ2n) is 13.3. The summed E-state index contributed by atoms with van der Waals surface area (Å²) in [5.41, 5.74) is 2.30. The summed E-state index contributed by atoms with van der Waals surface area (Å²) in [4.78, 5) is 86.9. The van der Waals surface area contributed by atoms with Crippen molar-refractivity contribution >= 4 is 40.6 Å². The number of esters is 1. The number of amides is 2. The fourth-order valence-corrected chi connectivity index (χ4v) is 7.15. The molecule has 3 aromatic heterocycles. The SMILES string of the molecule is CC[C@@]1(OC(=O)N(C)CCN(C)C(=O)OCc2c3c(n(C)c2C)C(=O)C=C(OC)C3=O)C(=O)OCc2c1cc1n(c2=O)-c2cc3ccccc3nc2C1.